The van der Waals surface area contributed by atoms with E-state index in [0.717, 1.165) is 16.3 Å². The molecule has 1 aliphatic heterocycles. The number of nitrogens with one attached hydrogen (secondary N) is 1. The van der Waals surface area contributed by atoms with E-state index in [1.807, 2.05) is 0 Å². The van der Waals surface area contributed by atoms with E-state index in [1.165, 1.54) is 13.1 Å². The first kappa shape index (κ1) is 26.3. The van der Waals surface area contributed by atoms with Crippen LogP contribution in [-0.4, -0.2) is 50.7 Å². The standard InChI is InChI=1S/C17H26N5O8PS/c1-10-8-22(16(25)19-14(10)23)13-7-11(20-21-18)12(30-13)9-29-31(26,27)28-5-6-32-15(24)17(2,3)4/h8,11-13H,5-7,9H2,1-4H3,(H,26,27)(H,19,23,25)/t11-,12+,13+/m0/s1. The van der Waals surface area contributed by atoms with Gasteiger partial charge in [0.25, 0.3) is 5.56 Å². The predicted octanol–water partition coefficient (Wildman–Crippen LogP) is 2.25. The van der Waals surface area contributed by atoms with Crippen molar-refractivity contribution in [1.29, 1.82) is 0 Å². The molecule has 0 bridgehead atoms. The Kier molecular flexibility index (Phi) is 8.89. The van der Waals surface area contributed by atoms with Crippen molar-refractivity contribution in [1.82, 2.24) is 9.55 Å². The first-order valence-corrected chi connectivity index (χ1v) is 12.1. The van der Waals surface area contributed by atoms with Crippen LogP contribution in [0.1, 0.15) is 39.0 Å². The smallest absolute Gasteiger partial charge is 0.352 e. The fourth-order valence-electron chi connectivity index (χ4n) is 2.73. The third-order valence-corrected chi connectivity index (χ3v) is 6.68. The van der Waals surface area contributed by atoms with Gasteiger partial charge in [0.1, 0.15) is 6.23 Å². The average Bonchev–Trinajstić information content (AvgIpc) is 3.08. The molecule has 0 amide bonds. The number of azide groups is 1. The highest BCUT2D eigenvalue weighted by Gasteiger charge is 2.38. The molecule has 13 nitrogen and oxygen atoms in total. The number of H-pyrrole nitrogens is 1. The molecule has 1 fully saturated rings. The van der Waals surface area contributed by atoms with Gasteiger partial charge in [-0.15, -0.1) is 0 Å². The Morgan fingerprint density at radius 2 is 2.16 bits per heavy atom. The number of aromatic amines is 1. The van der Waals surface area contributed by atoms with Crippen LogP contribution >= 0.6 is 19.6 Å². The molecule has 0 spiro atoms. The fourth-order valence-corrected chi connectivity index (χ4v) is 4.37. The molecular weight excluding hydrogens is 465 g/mol. The van der Waals surface area contributed by atoms with Crippen molar-refractivity contribution in [2.45, 2.75) is 52.5 Å². The van der Waals surface area contributed by atoms with Crippen LogP contribution in [0.2, 0.25) is 0 Å². The van der Waals surface area contributed by atoms with E-state index in [2.05, 4.69) is 15.0 Å². The van der Waals surface area contributed by atoms with Crippen molar-refractivity contribution in [2.75, 3.05) is 19.0 Å². The highest BCUT2D eigenvalue weighted by Crippen LogP contribution is 2.44. The summed E-state index contributed by atoms with van der Waals surface area (Å²) in [5.41, 5.74) is 7.31. The minimum Gasteiger partial charge on any atom is -0.352 e. The maximum Gasteiger partial charge on any atom is 0.472 e. The molecule has 1 unspecified atom stereocenters. The summed E-state index contributed by atoms with van der Waals surface area (Å²) in [7, 11) is -4.46. The van der Waals surface area contributed by atoms with Gasteiger partial charge in [-0.2, -0.15) is 0 Å². The average molecular weight is 491 g/mol. The molecule has 2 rings (SSSR count). The van der Waals surface area contributed by atoms with E-state index >= 15 is 0 Å². The van der Waals surface area contributed by atoms with Crippen LogP contribution in [0.25, 0.3) is 10.4 Å². The molecule has 0 aromatic carbocycles. The van der Waals surface area contributed by atoms with Gasteiger partial charge in [-0.1, -0.05) is 37.6 Å². The van der Waals surface area contributed by atoms with Crippen molar-refractivity contribution in [3.8, 4) is 0 Å². The Labute approximate surface area is 187 Å². The molecule has 1 aromatic rings. The lowest BCUT2D eigenvalue weighted by molar-refractivity contribution is -0.117. The number of hydrogen-bond donors (Lipinski definition) is 2. The summed E-state index contributed by atoms with van der Waals surface area (Å²) < 4.78 is 28.8. The van der Waals surface area contributed by atoms with Gasteiger partial charge in [0, 0.05) is 34.3 Å². The lowest BCUT2D eigenvalue weighted by atomic mass is 10.00. The highest BCUT2D eigenvalue weighted by atomic mass is 32.2. The third kappa shape index (κ3) is 7.31. The first-order valence-electron chi connectivity index (χ1n) is 9.65. The molecule has 15 heteroatoms. The molecule has 1 aromatic heterocycles. The zero-order valence-corrected chi connectivity index (χ0v) is 19.8. The summed E-state index contributed by atoms with van der Waals surface area (Å²) in [4.78, 5) is 50.3. The summed E-state index contributed by atoms with van der Waals surface area (Å²) in [5, 5.41) is 3.53. The largest absolute Gasteiger partial charge is 0.472 e. The van der Waals surface area contributed by atoms with Crippen molar-refractivity contribution in [2.24, 2.45) is 10.5 Å². The molecule has 4 atom stereocenters. The van der Waals surface area contributed by atoms with E-state index in [9.17, 15) is 23.8 Å². The first-order chi connectivity index (χ1) is 14.8. The summed E-state index contributed by atoms with van der Waals surface area (Å²) in [5.74, 6) is 0.168. The second-order valence-corrected chi connectivity index (χ2v) is 10.6. The van der Waals surface area contributed by atoms with E-state index in [-0.39, 0.29) is 29.5 Å². The lowest BCUT2D eigenvalue weighted by Crippen LogP contribution is -2.33. The molecule has 0 radical (unpaired) electrons. The van der Waals surface area contributed by atoms with Gasteiger partial charge in [0.05, 0.1) is 25.4 Å². The molecule has 1 aliphatic rings. The van der Waals surface area contributed by atoms with Crippen LogP contribution in [0.4, 0.5) is 0 Å². The molecular formula is C17H26N5O8PS. The van der Waals surface area contributed by atoms with Crippen LogP contribution in [0.3, 0.4) is 0 Å². The van der Waals surface area contributed by atoms with Gasteiger partial charge in [-0.25, -0.2) is 9.36 Å². The number of carbonyl (C=O) groups excluding carboxylic acids is 1. The van der Waals surface area contributed by atoms with Crippen LogP contribution in [0.15, 0.2) is 20.9 Å². The summed E-state index contributed by atoms with van der Waals surface area (Å²) in [6.07, 6.45) is -0.401. The Morgan fingerprint density at radius 1 is 1.47 bits per heavy atom. The van der Waals surface area contributed by atoms with E-state index in [0.29, 0.717) is 0 Å². The minimum atomic E-state index is -4.46. The van der Waals surface area contributed by atoms with E-state index < -0.39 is 49.5 Å². The molecule has 1 saturated heterocycles. The second-order valence-electron chi connectivity index (χ2n) is 8.10. The molecule has 32 heavy (non-hydrogen) atoms. The number of ether oxygens (including phenoxy) is 1. The Bertz CT molecular complexity index is 1040. The number of phosphoric acid groups is 1. The number of thioether (sulfide) groups is 1. The summed E-state index contributed by atoms with van der Waals surface area (Å²) in [6, 6.07) is -0.788. The lowest BCUT2D eigenvalue weighted by Gasteiger charge is -2.19. The number of hydrogen-bond acceptors (Lipinski definition) is 9. The van der Waals surface area contributed by atoms with Crippen LogP contribution in [0, 0.1) is 12.3 Å². The van der Waals surface area contributed by atoms with Crippen LogP contribution < -0.4 is 11.2 Å². The van der Waals surface area contributed by atoms with Crippen LogP contribution in [0.5, 0.6) is 0 Å². The molecule has 178 valence electrons. The Hall–Kier alpha value is -1.92. The number of carbonyl (C=O) groups is 1. The maximum absolute atomic E-state index is 12.1. The number of phosphoric ester groups is 1. The van der Waals surface area contributed by atoms with Gasteiger partial charge in [0.15, 0.2) is 5.12 Å². The predicted molar refractivity (Wildman–Crippen MR) is 116 cm³/mol. The minimum absolute atomic E-state index is 0.0786. The maximum atomic E-state index is 12.1. The number of aryl methyl sites for hydroxylation is 1. The quantitative estimate of drug-likeness (QED) is 0.172. The topological polar surface area (TPSA) is 186 Å². The molecule has 2 N–H and O–H groups in total. The molecule has 0 saturated carbocycles. The van der Waals surface area contributed by atoms with Gasteiger partial charge in [0.2, 0.25) is 0 Å². The highest BCUT2D eigenvalue weighted by molar-refractivity contribution is 8.13. The molecule has 0 aliphatic carbocycles. The zero-order chi connectivity index (χ0) is 24.1. The van der Waals surface area contributed by atoms with Crippen molar-refractivity contribution in [3.63, 3.8) is 0 Å². The number of rotatable bonds is 9. The Morgan fingerprint density at radius 3 is 2.78 bits per heavy atom. The van der Waals surface area contributed by atoms with Gasteiger partial charge >= 0.3 is 13.5 Å². The van der Waals surface area contributed by atoms with Crippen molar-refractivity contribution >= 4 is 24.7 Å². The number of aromatic nitrogens is 2. The second kappa shape index (κ2) is 10.8. The van der Waals surface area contributed by atoms with Crippen LogP contribution in [-0.2, 0) is 23.1 Å². The van der Waals surface area contributed by atoms with Crippen molar-refractivity contribution < 1.29 is 28.0 Å². The fraction of sp³-hybridized carbons (Fsp3) is 0.706. The normalized spacial score (nSPS) is 22.8. The van der Waals surface area contributed by atoms with Gasteiger partial charge < -0.3 is 9.63 Å². The summed E-state index contributed by atoms with van der Waals surface area (Å²) in [6.45, 7) is 6.17. The van der Waals surface area contributed by atoms with E-state index in [1.54, 1.807) is 20.8 Å². The third-order valence-electron chi connectivity index (χ3n) is 4.45. The SMILES string of the molecule is Cc1cn([C@H]2C[C@H](N=[N+]=[N-])[C@@H](COP(=O)(O)OCCSC(=O)C(C)(C)C)O2)c(=O)[nH]c1=O. The zero-order valence-electron chi connectivity index (χ0n) is 18.1. The monoisotopic (exact) mass is 491 g/mol. The van der Waals surface area contributed by atoms with Gasteiger partial charge in [-0.3, -0.25) is 28.2 Å². The van der Waals surface area contributed by atoms with Crippen molar-refractivity contribution in [3.05, 3.63) is 43.0 Å². The molecule has 2 heterocycles. The summed E-state index contributed by atoms with van der Waals surface area (Å²) >= 11 is 0.987. The van der Waals surface area contributed by atoms with E-state index in [4.69, 9.17) is 19.3 Å². The Balaban J connectivity index is 1.95. The number of nitrogens with zero attached hydrogens (tertiary/aromatic N) is 4. The van der Waals surface area contributed by atoms with Gasteiger partial charge in [-0.05, 0) is 12.5 Å².